The zero-order chi connectivity index (χ0) is 12.8. The van der Waals surface area contributed by atoms with Gasteiger partial charge in [-0.3, -0.25) is 4.98 Å². The highest BCUT2D eigenvalue weighted by Crippen LogP contribution is 2.13. The largest absolute Gasteiger partial charge is 0.393 e. The van der Waals surface area contributed by atoms with E-state index in [-0.39, 0.29) is 18.0 Å². The quantitative estimate of drug-likeness (QED) is 0.802. The van der Waals surface area contributed by atoms with Crippen LogP contribution in [0.15, 0.2) is 18.5 Å². The number of aliphatic hydroxyl groups is 1. The summed E-state index contributed by atoms with van der Waals surface area (Å²) in [6.07, 6.45) is 3.35. The Morgan fingerprint density at radius 2 is 2.06 bits per heavy atom. The van der Waals surface area contributed by atoms with Gasteiger partial charge in [-0.15, -0.1) is 0 Å². The summed E-state index contributed by atoms with van der Waals surface area (Å²) in [6, 6.07) is 1.55. The number of aliphatic hydroxyl groups excluding tert-OH is 1. The maximum Gasteiger partial charge on any atom is 0.141 e. The van der Waals surface area contributed by atoms with Crippen LogP contribution in [0.5, 0.6) is 0 Å². The Morgan fingerprint density at radius 1 is 1.35 bits per heavy atom. The van der Waals surface area contributed by atoms with Gasteiger partial charge in [0.15, 0.2) is 0 Å². The second kappa shape index (κ2) is 6.67. The average molecular weight is 240 g/mol. The molecule has 0 aliphatic carbocycles. The van der Waals surface area contributed by atoms with Gasteiger partial charge in [0, 0.05) is 12.2 Å². The van der Waals surface area contributed by atoms with Gasteiger partial charge in [0.25, 0.3) is 0 Å². The van der Waals surface area contributed by atoms with Gasteiger partial charge in [-0.05, 0) is 44.4 Å². The molecule has 3 nitrogen and oxygen atoms in total. The molecule has 2 N–H and O–H groups in total. The third-order valence-corrected chi connectivity index (χ3v) is 2.74. The molecule has 0 aromatic carbocycles. The first-order valence-electron chi connectivity index (χ1n) is 6.01. The van der Waals surface area contributed by atoms with Crippen LogP contribution in [0.4, 0.5) is 4.39 Å². The van der Waals surface area contributed by atoms with Gasteiger partial charge in [0.1, 0.15) is 5.82 Å². The van der Waals surface area contributed by atoms with Crippen LogP contribution >= 0.6 is 0 Å². The Morgan fingerprint density at radius 3 is 2.65 bits per heavy atom. The zero-order valence-corrected chi connectivity index (χ0v) is 10.7. The molecule has 17 heavy (non-hydrogen) atoms. The van der Waals surface area contributed by atoms with Crippen molar-refractivity contribution in [3.05, 3.63) is 29.8 Å². The molecule has 0 amide bonds. The number of hydrogen-bond donors (Lipinski definition) is 2. The molecular formula is C13H21FN2O. The number of rotatable bonds is 6. The van der Waals surface area contributed by atoms with Crippen LogP contribution in [0, 0.1) is 11.7 Å². The van der Waals surface area contributed by atoms with E-state index in [0.717, 1.165) is 18.5 Å². The predicted octanol–water partition coefficient (Wildman–Crippen LogP) is 2.28. The summed E-state index contributed by atoms with van der Waals surface area (Å²) in [5.41, 5.74) is 0.842. The third-order valence-electron chi connectivity index (χ3n) is 2.74. The summed E-state index contributed by atoms with van der Waals surface area (Å²) in [5.74, 6) is 0.0761. The molecule has 0 spiro atoms. The Kier molecular flexibility index (Phi) is 5.51. The first-order chi connectivity index (χ1) is 7.99. The van der Waals surface area contributed by atoms with Crippen LogP contribution in [-0.4, -0.2) is 22.7 Å². The highest BCUT2D eigenvalue weighted by molar-refractivity contribution is 5.14. The van der Waals surface area contributed by atoms with E-state index in [1.54, 1.807) is 13.1 Å². The molecule has 1 aromatic heterocycles. The monoisotopic (exact) mass is 240 g/mol. The summed E-state index contributed by atoms with van der Waals surface area (Å²) in [5, 5.41) is 12.6. The van der Waals surface area contributed by atoms with E-state index in [4.69, 9.17) is 0 Å². The van der Waals surface area contributed by atoms with Crippen molar-refractivity contribution in [3.8, 4) is 0 Å². The normalized spacial score (nSPS) is 16.5. The van der Waals surface area contributed by atoms with Crippen LogP contribution in [-0.2, 0) is 0 Å². The number of aromatic nitrogens is 1. The second-order valence-corrected chi connectivity index (χ2v) is 4.76. The molecule has 0 aliphatic rings. The molecule has 1 heterocycles. The Labute approximate surface area is 102 Å². The number of nitrogens with zero attached hydrogens (tertiary/aromatic N) is 1. The molecule has 0 aliphatic heterocycles. The minimum atomic E-state index is -0.312. The molecule has 0 fully saturated rings. The number of nitrogens with one attached hydrogen (secondary N) is 1. The predicted molar refractivity (Wildman–Crippen MR) is 66.1 cm³/mol. The SMILES string of the molecule is CC(O)CC(C)CNC(C)c1cncc(F)c1. The fourth-order valence-electron chi connectivity index (χ4n) is 1.83. The van der Waals surface area contributed by atoms with Gasteiger partial charge < -0.3 is 10.4 Å². The summed E-state index contributed by atoms with van der Waals surface area (Å²) in [6.45, 7) is 6.64. The van der Waals surface area contributed by atoms with Gasteiger partial charge in [-0.2, -0.15) is 0 Å². The van der Waals surface area contributed by atoms with Gasteiger partial charge in [-0.25, -0.2) is 4.39 Å². The second-order valence-electron chi connectivity index (χ2n) is 4.76. The van der Waals surface area contributed by atoms with Gasteiger partial charge in [0.05, 0.1) is 12.3 Å². The molecule has 4 heteroatoms. The van der Waals surface area contributed by atoms with E-state index in [9.17, 15) is 9.50 Å². The van der Waals surface area contributed by atoms with Gasteiger partial charge in [0.2, 0.25) is 0 Å². The van der Waals surface area contributed by atoms with E-state index >= 15 is 0 Å². The van der Waals surface area contributed by atoms with Crippen LogP contribution in [0.3, 0.4) is 0 Å². The Bertz CT molecular complexity index is 344. The topological polar surface area (TPSA) is 45.1 Å². The number of pyridine rings is 1. The first-order valence-corrected chi connectivity index (χ1v) is 6.01. The summed E-state index contributed by atoms with van der Waals surface area (Å²) in [7, 11) is 0. The molecule has 0 bridgehead atoms. The van der Waals surface area contributed by atoms with Crippen molar-refractivity contribution in [2.24, 2.45) is 5.92 Å². The van der Waals surface area contributed by atoms with Crippen molar-refractivity contribution in [1.29, 1.82) is 0 Å². The highest BCUT2D eigenvalue weighted by atomic mass is 19.1. The van der Waals surface area contributed by atoms with Crippen molar-refractivity contribution < 1.29 is 9.50 Å². The van der Waals surface area contributed by atoms with E-state index < -0.39 is 0 Å². The fourth-order valence-corrected chi connectivity index (χ4v) is 1.83. The number of hydrogen-bond acceptors (Lipinski definition) is 3. The minimum Gasteiger partial charge on any atom is -0.393 e. The van der Waals surface area contributed by atoms with E-state index in [0.29, 0.717) is 5.92 Å². The smallest absolute Gasteiger partial charge is 0.141 e. The lowest BCUT2D eigenvalue weighted by atomic mass is 10.0. The maximum absolute atomic E-state index is 13.0. The van der Waals surface area contributed by atoms with Crippen molar-refractivity contribution in [2.45, 2.75) is 39.3 Å². The molecule has 1 aromatic rings. The molecule has 96 valence electrons. The third kappa shape index (κ3) is 5.24. The van der Waals surface area contributed by atoms with Crippen LogP contribution in [0.25, 0.3) is 0 Å². The van der Waals surface area contributed by atoms with Crippen LogP contribution in [0.2, 0.25) is 0 Å². The van der Waals surface area contributed by atoms with Crippen molar-refractivity contribution >= 4 is 0 Å². The molecule has 3 atom stereocenters. The molecule has 0 saturated carbocycles. The van der Waals surface area contributed by atoms with E-state index in [2.05, 4.69) is 17.2 Å². The first kappa shape index (κ1) is 14.1. The van der Waals surface area contributed by atoms with E-state index in [1.807, 2.05) is 6.92 Å². The fraction of sp³-hybridized carbons (Fsp3) is 0.615. The van der Waals surface area contributed by atoms with Gasteiger partial charge >= 0.3 is 0 Å². The standard InChI is InChI=1S/C13H21FN2O/c1-9(4-10(2)17)6-16-11(3)12-5-13(14)8-15-7-12/h5,7-11,16-17H,4,6H2,1-3H3. The highest BCUT2D eigenvalue weighted by Gasteiger charge is 2.10. The molecular weight excluding hydrogens is 219 g/mol. The molecule has 0 radical (unpaired) electrons. The Balaban J connectivity index is 2.42. The maximum atomic E-state index is 13.0. The summed E-state index contributed by atoms with van der Waals surface area (Å²) in [4.78, 5) is 3.83. The lowest BCUT2D eigenvalue weighted by Gasteiger charge is -2.18. The Hall–Kier alpha value is -1.00. The molecule has 3 unspecified atom stereocenters. The van der Waals surface area contributed by atoms with E-state index in [1.165, 1.54) is 12.3 Å². The molecule has 0 saturated heterocycles. The summed E-state index contributed by atoms with van der Waals surface area (Å²) < 4.78 is 13.0. The zero-order valence-electron chi connectivity index (χ0n) is 10.7. The van der Waals surface area contributed by atoms with Crippen LogP contribution < -0.4 is 5.32 Å². The lowest BCUT2D eigenvalue weighted by molar-refractivity contribution is 0.162. The van der Waals surface area contributed by atoms with Gasteiger partial charge in [-0.1, -0.05) is 6.92 Å². The van der Waals surface area contributed by atoms with Crippen LogP contribution in [0.1, 0.15) is 38.8 Å². The van der Waals surface area contributed by atoms with Crippen molar-refractivity contribution in [3.63, 3.8) is 0 Å². The summed E-state index contributed by atoms with van der Waals surface area (Å²) >= 11 is 0. The van der Waals surface area contributed by atoms with Crippen molar-refractivity contribution in [1.82, 2.24) is 10.3 Å². The number of halogens is 1. The average Bonchev–Trinajstić information content (AvgIpc) is 2.25. The van der Waals surface area contributed by atoms with Crippen molar-refractivity contribution in [2.75, 3.05) is 6.54 Å². The minimum absolute atomic E-state index is 0.0645. The molecule has 1 rings (SSSR count). The lowest BCUT2D eigenvalue weighted by Crippen LogP contribution is -2.26.